The van der Waals surface area contributed by atoms with Gasteiger partial charge in [0.15, 0.2) is 0 Å². The van der Waals surface area contributed by atoms with Gasteiger partial charge >= 0.3 is 0 Å². The van der Waals surface area contributed by atoms with Crippen LogP contribution in [0.2, 0.25) is 0 Å². The van der Waals surface area contributed by atoms with Crippen LogP contribution in [0.3, 0.4) is 0 Å². The summed E-state index contributed by atoms with van der Waals surface area (Å²) in [6.07, 6.45) is 0. The molecular formula is C17H16N2OS2. The fraction of sp³-hybridized carbons (Fsp3) is 0.118. The van der Waals surface area contributed by atoms with Crippen molar-refractivity contribution in [2.45, 2.75) is 17.2 Å². The molecule has 0 saturated heterocycles. The molecular weight excluding hydrogens is 312 g/mol. The third kappa shape index (κ3) is 4.02. The molecule has 1 heterocycles. The fourth-order valence-corrected chi connectivity index (χ4v) is 3.76. The summed E-state index contributed by atoms with van der Waals surface area (Å²) < 4.78 is 12.4. The number of hydrogen-bond acceptors (Lipinski definition) is 4. The summed E-state index contributed by atoms with van der Waals surface area (Å²) in [6, 6.07) is 17.6. The zero-order chi connectivity index (χ0) is 15.2. The molecule has 0 saturated carbocycles. The van der Waals surface area contributed by atoms with Crippen LogP contribution in [0.4, 0.5) is 5.69 Å². The Bertz CT molecular complexity index is 742. The quantitative estimate of drug-likeness (QED) is 0.742. The zero-order valence-electron chi connectivity index (χ0n) is 11.9. The molecule has 1 unspecified atom stereocenters. The van der Waals surface area contributed by atoms with Gasteiger partial charge < -0.3 is 5.32 Å². The van der Waals surface area contributed by atoms with Gasteiger partial charge in [-0.3, -0.25) is 4.21 Å². The van der Waals surface area contributed by atoms with Crippen LogP contribution in [0, 0.1) is 0 Å². The van der Waals surface area contributed by atoms with Crippen molar-refractivity contribution in [2.24, 2.45) is 0 Å². The highest BCUT2D eigenvalue weighted by atomic mass is 32.2. The monoisotopic (exact) mass is 328 g/mol. The van der Waals surface area contributed by atoms with Crippen LogP contribution >= 0.6 is 11.3 Å². The molecule has 0 radical (unpaired) electrons. The van der Waals surface area contributed by atoms with Crippen molar-refractivity contribution in [3.05, 3.63) is 76.7 Å². The van der Waals surface area contributed by atoms with Crippen molar-refractivity contribution >= 4 is 27.8 Å². The molecule has 0 aliphatic rings. The van der Waals surface area contributed by atoms with Gasteiger partial charge in [0.25, 0.3) is 0 Å². The molecule has 1 atom stereocenters. The molecule has 0 spiro atoms. The second-order valence-electron chi connectivity index (χ2n) is 4.84. The van der Waals surface area contributed by atoms with Gasteiger partial charge in [-0.25, -0.2) is 4.98 Å². The van der Waals surface area contributed by atoms with Crippen LogP contribution in [0.15, 0.2) is 70.4 Å². The first-order chi connectivity index (χ1) is 10.8. The SMILES string of the molecule is O=S(Cc1cccc(NCc2cscn2)c1)c1ccccc1. The van der Waals surface area contributed by atoms with Gasteiger partial charge in [0, 0.05) is 16.0 Å². The van der Waals surface area contributed by atoms with Gasteiger partial charge in [-0.05, 0) is 29.8 Å². The zero-order valence-corrected chi connectivity index (χ0v) is 13.6. The van der Waals surface area contributed by atoms with E-state index in [9.17, 15) is 4.21 Å². The first-order valence-electron chi connectivity index (χ1n) is 6.94. The maximum Gasteiger partial charge on any atom is 0.0795 e. The molecule has 112 valence electrons. The predicted octanol–water partition coefficient (Wildman–Crippen LogP) is 4.06. The third-order valence-corrected chi connectivity index (χ3v) is 5.22. The Labute approximate surface area is 136 Å². The maximum absolute atomic E-state index is 12.4. The predicted molar refractivity (Wildman–Crippen MR) is 92.4 cm³/mol. The minimum Gasteiger partial charge on any atom is -0.379 e. The van der Waals surface area contributed by atoms with E-state index in [4.69, 9.17) is 0 Å². The Balaban J connectivity index is 1.65. The number of rotatable bonds is 6. The van der Waals surface area contributed by atoms with E-state index in [0.29, 0.717) is 12.3 Å². The van der Waals surface area contributed by atoms with E-state index in [1.807, 2.05) is 65.5 Å². The Morgan fingerprint density at radius 3 is 2.73 bits per heavy atom. The summed E-state index contributed by atoms with van der Waals surface area (Å²) in [7, 11) is -1.01. The Hall–Kier alpha value is -1.98. The Morgan fingerprint density at radius 1 is 1.09 bits per heavy atom. The van der Waals surface area contributed by atoms with Gasteiger partial charge in [0.1, 0.15) is 0 Å². The van der Waals surface area contributed by atoms with E-state index in [2.05, 4.69) is 10.3 Å². The largest absolute Gasteiger partial charge is 0.379 e. The highest BCUT2D eigenvalue weighted by Crippen LogP contribution is 2.16. The molecule has 5 heteroatoms. The van der Waals surface area contributed by atoms with Crippen LogP contribution in [0.25, 0.3) is 0 Å². The standard InChI is InChI=1S/C17H16N2OS2/c20-22(17-7-2-1-3-8-17)12-14-5-4-6-15(9-14)18-10-16-11-21-13-19-16/h1-9,11,13,18H,10,12H2. The third-order valence-electron chi connectivity index (χ3n) is 3.19. The molecule has 0 aliphatic carbocycles. The summed E-state index contributed by atoms with van der Waals surface area (Å²) in [5, 5.41) is 5.37. The van der Waals surface area contributed by atoms with Gasteiger partial charge in [-0.1, -0.05) is 30.3 Å². The number of anilines is 1. The Kier molecular flexibility index (Phi) is 4.98. The highest BCUT2D eigenvalue weighted by molar-refractivity contribution is 7.84. The van der Waals surface area contributed by atoms with Gasteiger partial charge in [-0.2, -0.15) is 0 Å². The lowest BCUT2D eigenvalue weighted by Gasteiger charge is -2.07. The molecule has 0 fully saturated rings. The van der Waals surface area contributed by atoms with Crippen molar-refractivity contribution in [3.63, 3.8) is 0 Å². The molecule has 0 bridgehead atoms. The average molecular weight is 328 g/mol. The van der Waals surface area contributed by atoms with Crippen molar-refractivity contribution in [1.82, 2.24) is 4.98 Å². The summed E-state index contributed by atoms with van der Waals surface area (Å²) in [5.41, 5.74) is 4.94. The van der Waals surface area contributed by atoms with Crippen molar-refractivity contribution in [2.75, 3.05) is 5.32 Å². The smallest absolute Gasteiger partial charge is 0.0795 e. The summed E-state index contributed by atoms with van der Waals surface area (Å²) in [4.78, 5) is 5.11. The normalized spacial score (nSPS) is 12.0. The topological polar surface area (TPSA) is 42.0 Å². The molecule has 3 nitrogen and oxygen atoms in total. The van der Waals surface area contributed by atoms with Gasteiger partial charge in [0.05, 0.1) is 34.3 Å². The molecule has 3 aromatic rings. The number of aromatic nitrogens is 1. The molecule has 0 amide bonds. The van der Waals surface area contributed by atoms with E-state index >= 15 is 0 Å². The van der Waals surface area contributed by atoms with Crippen molar-refractivity contribution < 1.29 is 4.21 Å². The van der Waals surface area contributed by atoms with Crippen LogP contribution in [0.5, 0.6) is 0 Å². The molecule has 3 rings (SSSR count). The molecule has 1 N–H and O–H groups in total. The van der Waals surface area contributed by atoms with Gasteiger partial charge in [-0.15, -0.1) is 11.3 Å². The van der Waals surface area contributed by atoms with Crippen molar-refractivity contribution in [3.8, 4) is 0 Å². The van der Waals surface area contributed by atoms with Crippen LogP contribution < -0.4 is 5.32 Å². The average Bonchev–Trinajstić information content (AvgIpc) is 3.08. The number of nitrogens with one attached hydrogen (secondary N) is 1. The van der Waals surface area contributed by atoms with E-state index in [-0.39, 0.29) is 0 Å². The lowest BCUT2D eigenvalue weighted by Crippen LogP contribution is -2.01. The van der Waals surface area contributed by atoms with Gasteiger partial charge in [0.2, 0.25) is 0 Å². The minimum atomic E-state index is -1.01. The number of thiazole rings is 1. The Morgan fingerprint density at radius 2 is 1.95 bits per heavy atom. The van der Waals surface area contributed by atoms with Crippen LogP contribution in [0.1, 0.15) is 11.3 Å². The number of benzene rings is 2. The van der Waals surface area contributed by atoms with E-state index < -0.39 is 10.8 Å². The number of nitrogens with zero attached hydrogens (tertiary/aromatic N) is 1. The van der Waals surface area contributed by atoms with Crippen LogP contribution in [-0.2, 0) is 23.1 Å². The number of hydrogen-bond donors (Lipinski definition) is 1. The lowest BCUT2D eigenvalue weighted by molar-refractivity contribution is 0.682. The molecule has 1 aromatic heterocycles. The first-order valence-corrected chi connectivity index (χ1v) is 9.21. The second kappa shape index (κ2) is 7.33. The first kappa shape index (κ1) is 14.9. The molecule has 2 aromatic carbocycles. The molecule has 22 heavy (non-hydrogen) atoms. The minimum absolute atomic E-state index is 0.524. The van der Waals surface area contributed by atoms with Crippen LogP contribution in [-0.4, -0.2) is 9.19 Å². The van der Waals surface area contributed by atoms with E-state index in [1.165, 1.54) is 0 Å². The lowest BCUT2D eigenvalue weighted by atomic mass is 10.2. The summed E-state index contributed by atoms with van der Waals surface area (Å²) in [5.74, 6) is 0.524. The van der Waals surface area contributed by atoms with E-state index in [1.54, 1.807) is 11.3 Å². The fourth-order valence-electron chi connectivity index (χ4n) is 2.10. The molecule has 0 aliphatic heterocycles. The summed E-state index contributed by atoms with van der Waals surface area (Å²) >= 11 is 1.59. The van der Waals surface area contributed by atoms with E-state index in [0.717, 1.165) is 21.8 Å². The highest BCUT2D eigenvalue weighted by Gasteiger charge is 2.05. The van der Waals surface area contributed by atoms with Crippen molar-refractivity contribution in [1.29, 1.82) is 0 Å². The second-order valence-corrected chi connectivity index (χ2v) is 7.01. The summed E-state index contributed by atoms with van der Waals surface area (Å²) in [6.45, 7) is 0.703. The maximum atomic E-state index is 12.4.